The van der Waals surface area contributed by atoms with E-state index in [9.17, 15) is 18.0 Å². The molecule has 0 bridgehead atoms. The molecule has 0 unspecified atom stereocenters. The number of hydrogen-bond acceptors (Lipinski definition) is 5. The zero-order valence-electron chi connectivity index (χ0n) is 19.1. The van der Waals surface area contributed by atoms with Crippen LogP contribution in [0.3, 0.4) is 0 Å². The molecule has 2 aliphatic heterocycles. The van der Waals surface area contributed by atoms with Gasteiger partial charge in [-0.15, -0.1) is 0 Å². The highest BCUT2D eigenvalue weighted by atomic mass is 32.2. The number of ether oxygens (including phenoxy) is 1. The lowest BCUT2D eigenvalue weighted by atomic mass is 9.99. The van der Waals surface area contributed by atoms with Crippen LogP contribution in [0, 0.1) is 5.92 Å². The van der Waals surface area contributed by atoms with Crippen molar-refractivity contribution in [2.45, 2.75) is 44.0 Å². The highest BCUT2D eigenvalue weighted by molar-refractivity contribution is 7.89. The number of rotatable bonds is 5. The molecule has 2 atom stereocenters. The van der Waals surface area contributed by atoms with E-state index >= 15 is 0 Å². The van der Waals surface area contributed by atoms with E-state index in [4.69, 9.17) is 4.74 Å². The summed E-state index contributed by atoms with van der Waals surface area (Å²) in [6, 6.07) is 12.0. The fourth-order valence-corrected chi connectivity index (χ4v) is 6.27. The number of hydrogen-bond donors (Lipinski definition) is 1. The van der Waals surface area contributed by atoms with Crippen LogP contribution < -0.4 is 15.0 Å². The smallest absolute Gasteiger partial charge is 0.243 e. The molecule has 0 aliphatic carbocycles. The Labute approximate surface area is 194 Å². The van der Waals surface area contributed by atoms with E-state index in [1.807, 2.05) is 6.92 Å². The van der Waals surface area contributed by atoms with Gasteiger partial charge in [0.15, 0.2) is 0 Å². The molecule has 1 fully saturated rings. The van der Waals surface area contributed by atoms with Gasteiger partial charge in [-0.25, -0.2) is 8.42 Å². The molecule has 0 radical (unpaired) electrons. The molecule has 2 heterocycles. The van der Waals surface area contributed by atoms with Crippen molar-refractivity contribution >= 4 is 33.2 Å². The van der Waals surface area contributed by atoms with Crippen molar-refractivity contribution in [3.8, 4) is 5.75 Å². The van der Waals surface area contributed by atoms with E-state index in [2.05, 4.69) is 5.32 Å². The predicted octanol–water partition coefficient (Wildman–Crippen LogP) is 3.03. The van der Waals surface area contributed by atoms with Crippen LogP contribution >= 0.6 is 0 Å². The van der Waals surface area contributed by atoms with E-state index in [-0.39, 0.29) is 29.3 Å². The lowest BCUT2D eigenvalue weighted by Crippen LogP contribution is -2.43. The summed E-state index contributed by atoms with van der Waals surface area (Å²) >= 11 is 0. The van der Waals surface area contributed by atoms with Gasteiger partial charge < -0.3 is 15.0 Å². The second kappa shape index (κ2) is 9.15. The zero-order chi connectivity index (χ0) is 23.8. The number of nitrogens with zero attached hydrogens (tertiary/aromatic N) is 2. The monoisotopic (exact) mass is 471 g/mol. The summed E-state index contributed by atoms with van der Waals surface area (Å²) in [5, 5.41) is 2.88. The number of amides is 2. The van der Waals surface area contributed by atoms with Gasteiger partial charge in [0.05, 0.1) is 17.9 Å². The second-order valence-corrected chi connectivity index (χ2v) is 10.6. The Morgan fingerprint density at radius 2 is 1.85 bits per heavy atom. The minimum atomic E-state index is -3.75. The summed E-state index contributed by atoms with van der Waals surface area (Å²) in [6.45, 7) is 3.98. The van der Waals surface area contributed by atoms with Crippen molar-refractivity contribution in [2.24, 2.45) is 5.92 Å². The van der Waals surface area contributed by atoms with E-state index in [1.54, 1.807) is 54.5 Å². The van der Waals surface area contributed by atoms with E-state index in [0.717, 1.165) is 11.3 Å². The molecule has 33 heavy (non-hydrogen) atoms. The molecule has 2 aromatic carbocycles. The minimum Gasteiger partial charge on any atom is -0.497 e. The Bertz CT molecular complexity index is 1160. The van der Waals surface area contributed by atoms with Crippen LogP contribution in [0.15, 0.2) is 47.4 Å². The van der Waals surface area contributed by atoms with Crippen molar-refractivity contribution in [3.63, 3.8) is 0 Å². The number of sulfonamides is 1. The third-order valence-corrected chi connectivity index (χ3v) is 8.22. The number of benzene rings is 2. The number of methoxy groups -OCH3 is 1. The third kappa shape index (κ3) is 4.60. The van der Waals surface area contributed by atoms with Gasteiger partial charge in [0.25, 0.3) is 0 Å². The van der Waals surface area contributed by atoms with Gasteiger partial charge in [-0.05, 0) is 74.2 Å². The SMILES string of the molecule is COc1ccc(NC(=O)[C@H]2CCCN(S(=O)(=O)c3ccc4c(c3)C[C@@H](C)N4C(C)=O)C2)cc1. The van der Waals surface area contributed by atoms with Crippen molar-refractivity contribution in [3.05, 3.63) is 48.0 Å². The zero-order valence-corrected chi connectivity index (χ0v) is 19.9. The van der Waals surface area contributed by atoms with Crippen molar-refractivity contribution in [2.75, 3.05) is 30.4 Å². The Hall–Kier alpha value is -2.91. The van der Waals surface area contributed by atoms with Gasteiger partial charge >= 0.3 is 0 Å². The van der Waals surface area contributed by atoms with Crippen molar-refractivity contribution < 1.29 is 22.7 Å². The van der Waals surface area contributed by atoms with Crippen LogP contribution in [-0.4, -0.2) is 50.8 Å². The number of nitrogens with one attached hydrogen (secondary N) is 1. The lowest BCUT2D eigenvalue weighted by molar-refractivity contribution is -0.121. The highest BCUT2D eigenvalue weighted by Gasteiger charge is 2.35. The van der Waals surface area contributed by atoms with Gasteiger partial charge in [0, 0.05) is 37.4 Å². The molecule has 0 saturated carbocycles. The first-order valence-electron chi connectivity index (χ1n) is 11.1. The topological polar surface area (TPSA) is 96.0 Å². The van der Waals surface area contributed by atoms with Gasteiger partial charge in [-0.3, -0.25) is 9.59 Å². The summed E-state index contributed by atoms with van der Waals surface area (Å²) in [7, 11) is -2.18. The van der Waals surface area contributed by atoms with Gasteiger partial charge in [0.2, 0.25) is 21.8 Å². The molecular formula is C24H29N3O5S. The first-order chi connectivity index (χ1) is 15.7. The maximum Gasteiger partial charge on any atom is 0.243 e. The molecule has 0 aromatic heterocycles. The second-order valence-electron chi connectivity index (χ2n) is 8.65. The Morgan fingerprint density at radius 1 is 1.12 bits per heavy atom. The number of carbonyl (C=O) groups excluding carboxylic acids is 2. The minimum absolute atomic E-state index is 0.00327. The van der Waals surface area contributed by atoms with Crippen LogP contribution in [0.5, 0.6) is 5.75 Å². The van der Waals surface area contributed by atoms with Crippen molar-refractivity contribution in [1.29, 1.82) is 0 Å². The summed E-state index contributed by atoms with van der Waals surface area (Å²) in [4.78, 5) is 26.7. The molecule has 176 valence electrons. The molecule has 0 spiro atoms. The van der Waals surface area contributed by atoms with Crippen LogP contribution in [-0.2, 0) is 26.0 Å². The molecule has 1 N–H and O–H groups in total. The summed E-state index contributed by atoms with van der Waals surface area (Å²) < 4.78 is 33.3. The summed E-state index contributed by atoms with van der Waals surface area (Å²) in [5.74, 6) is 0.00919. The van der Waals surface area contributed by atoms with Gasteiger partial charge in [0.1, 0.15) is 5.75 Å². The number of fused-ring (bicyclic) bond motifs is 1. The molecule has 2 aliphatic rings. The average Bonchev–Trinajstić information content (AvgIpc) is 3.14. The first-order valence-corrected chi connectivity index (χ1v) is 12.5. The maximum absolute atomic E-state index is 13.4. The maximum atomic E-state index is 13.4. The van der Waals surface area contributed by atoms with E-state index < -0.39 is 15.9 Å². The van der Waals surface area contributed by atoms with E-state index in [0.29, 0.717) is 37.2 Å². The third-order valence-electron chi connectivity index (χ3n) is 6.36. The van der Waals surface area contributed by atoms with E-state index in [1.165, 1.54) is 11.2 Å². The Kier molecular flexibility index (Phi) is 6.45. The van der Waals surface area contributed by atoms with Crippen LogP contribution in [0.2, 0.25) is 0 Å². The molecule has 4 rings (SSSR count). The van der Waals surface area contributed by atoms with Crippen molar-refractivity contribution in [1.82, 2.24) is 4.31 Å². The molecule has 9 heteroatoms. The average molecular weight is 472 g/mol. The normalized spacial score (nSPS) is 20.9. The predicted molar refractivity (Wildman–Crippen MR) is 126 cm³/mol. The summed E-state index contributed by atoms with van der Waals surface area (Å²) in [5.41, 5.74) is 2.26. The fraction of sp³-hybridized carbons (Fsp3) is 0.417. The lowest BCUT2D eigenvalue weighted by Gasteiger charge is -2.31. The van der Waals surface area contributed by atoms with Gasteiger partial charge in [-0.1, -0.05) is 0 Å². The standard InChI is InChI=1S/C24H29N3O5S/c1-16-13-19-14-22(10-11-23(19)27(16)17(2)28)33(30,31)26-12-4-5-18(15-26)24(29)25-20-6-8-21(32-3)9-7-20/h6-11,14,16,18H,4-5,12-13,15H2,1-3H3,(H,25,29)/t16-,18+/m1/s1. The summed E-state index contributed by atoms with van der Waals surface area (Å²) in [6.07, 6.45) is 1.86. The molecular weight excluding hydrogens is 442 g/mol. The van der Waals surface area contributed by atoms with Crippen LogP contribution in [0.1, 0.15) is 32.3 Å². The number of carbonyl (C=O) groups is 2. The highest BCUT2D eigenvalue weighted by Crippen LogP contribution is 2.35. The quantitative estimate of drug-likeness (QED) is 0.723. The number of anilines is 2. The Morgan fingerprint density at radius 3 is 2.52 bits per heavy atom. The fourth-order valence-electron chi connectivity index (χ4n) is 4.69. The molecule has 1 saturated heterocycles. The van der Waals surface area contributed by atoms with Crippen LogP contribution in [0.4, 0.5) is 11.4 Å². The largest absolute Gasteiger partial charge is 0.497 e. The van der Waals surface area contributed by atoms with Gasteiger partial charge in [-0.2, -0.15) is 4.31 Å². The van der Waals surface area contributed by atoms with Crippen LogP contribution in [0.25, 0.3) is 0 Å². The Balaban J connectivity index is 1.49. The first kappa shape index (κ1) is 23.3. The number of piperidine rings is 1. The molecule has 2 aromatic rings. The molecule has 8 nitrogen and oxygen atoms in total. The molecule has 2 amide bonds.